The zero-order valence-electron chi connectivity index (χ0n) is 16.7. The first-order valence-electron chi connectivity index (χ1n) is 9.81. The summed E-state index contributed by atoms with van der Waals surface area (Å²) in [6, 6.07) is 24.7. The molecule has 0 radical (unpaired) electrons. The van der Waals surface area contributed by atoms with Gasteiger partial charge in [-0.1, -0.05) is 50.1 Å². The van der Waals surface area contributed by atoms with E-state index < -0.39 is 0 Å². The van der Waals surface area contributed by atoms with Gasteiger partial charge in [-0.2, -0.15) is 0 Å². The molecule has 2 nitrogen and oxygen atoms in total. The first kappa shape index (κ1) is 18.8. The number of ether oxygens (including phenoxy) is 1. The zero-order chi connectivity index (χ0) is 20.2. The van der Waals surface area contributed by atoms with E-state index in [2.05, 4.69) is 55.1 Å². The maximum Gasteiger partial charge on any atom is 0.120 e. The average Bonchev–Trinajstić information content (AvgIpc) is 2.77. The molecule has 0 aliphatic heterocycles. The molecule has 0 saturated heterocycles. The Morgan fingerprint density at radius 2 is 1.79 bits per heavy atom. The Morgan fingerprint density at radius 3 is 2.55 bits per heavy atom. The number of terminal acetylenes is 1. The molecule has 2 heteroatoms. The molecule has 1 aromatic heterocycles. The largest absolute Gasteiger partial charge is 0.489 e. The summed E-state index contributed by atoms with van der Waals surface area (Å²) in [7, 11) is 0. The predicted molar refractivity (Wildman–Crippen MR) is 120 cm³/mol. The lowest BCUT2D eigenvalue weighted by molar-refractivity contribution is 0.306. The minimum atomic E-state index is 0.448. The minimum Gasteiger partial charge on any atom is -0.489 e. The van der Waals surface area contributed by atoms with Gasteiger partial charge in [0.2, 0.25) is 0 Å². The van der Waals surface area contributed by atoms with E-state index in [-0.39, 0.29) is 0 Å². The van der Waals surface area contributed by atoms with E-state index in [1.165, 1.54) is 5.56 Å². The predicted octanol–water partition coefficient (Wildman–Crippen LogP) is 6.59. The van der Waals surface area contributed by atoms with Crippen molar-refractivity contribution in [1.29, 1.82) is 0 Å². The first-order chi connectivity index (χ1) is 14.1. The Hall–Kier alpha value is -3.57. The van der Waals surface area contributed by atoms with Crippen LogP contribution in [0.5, 0.6) is 5.75 Å². The molecular weight excluding hydrogens is 354 g/mol. The molecule has 0 fully saturated rings. The molecule has 0 bridgehead atoms. The third-order valence-electron chi connectivity index (χ3n) is 5.07. The van der Waals surface area contributed by atoms with E-state index >= 15 is 0 Å². The van der Waals surface area contributed by atoms with E-state index in [0.717, 1.165) is 38.9 Å². The fourth-order valence-electron chi connectivity index (χ4n) is 3.39. The van der Waals surface area contributed by atoms with Gasteiger partial charge < -0.3 is 4.74 Å². The highest BCUT2D eigenvalue weighted by Gasteiger charge is 2.10. The molecule has 0 aliphatic rings. The summed E-state index contributed by atoms with van der Waals surface area (Å²) in [6.07, 6.45) is 7.27. The van der Waals surface area contributed by atoms with Gasteiger partial charge in [0.05, 0.1) is 5.52 Å². The van der Waals surface area contributed by atoms with Crippen molar-refractivity contribution in [3.63, 3.8) is 0 Å². The summed E-state index contributed by atoms with van der Waals surface area (Å²) in [5.74, 6) is 3.92. The molecule has 0 spiro atoms. The second-order valence-electron chi connectivity index (χ2n) is 7.46. The molecule has 0 saturated carbocycles. The maximum atomic E-state index is 6.05. The van der Waals surface area contributed by atoms with E-state index in [1.807, 2.05) is 48.7 Å². The number of rotatable bonds is 5. The topological polar surface area (TPSA) is 22.1 Å². The van der Waals surface area contributed by atoms with E-state index in [1.54, 1.807) is 0 Å². The van der Waals surface area contributed by atoms with Gasteiger partial charge in [-0.3, -0.25) is 4.98 Å². The number of nitrogens with zero attached hydrogens (tertiary/aromatic N) is 1. The average molecular weight is 377 g/mol. The number of pyridine rings is 1. The minimum absolute atomic E-state index is 0.448. The van der Waals surface area contributed by atoms with Gasteiger partial charge in [0, 0.05) is 22.7 Å². The van der Waals surface area contributed by atoms with Crippen molar-refractivity contribution in [3.8, 4) is 29.2 Å². The number of hydrogen-bond acceptors (Lipinski definition) is 2. The van der Waals surface area contributed by atoms with Crippen LogP contribution in [0, 0.1) is 12.3 Å². The van der Waals surface area contributed by atoms with Crippen LogP contribution in [0.25, 0.3) is 22.0 Å². The molecule has 0 amide bonds. The fraction of sp³-hybridized carbons (Fsp3) is 0.148. The lowest BCUT2D eigenvalue weighted by atomic mass is 9.94. The van der Waals surface area contributed by atoms with Crippen molar-refractivity contribution < 1.29 is 4.74 Å². The van der Waals surface area contributed by atoms with Crippen LogP contribution in [0.15, 0.2) is 79.0 Å². The molecule has 3 aromatic carbocycles. The quantitative estimate of drug-likeness (QED) is 0.366. The van der Waals surface area contributed by atoms with Crippen LogP contribution in [-0.2, 0) is 6.61 Å². The highest BCUT2D eigenvalue weighted by Crippen LogP contribution is 2.33. The number of benzene rings is 3. The van der Waals surface area contributed by atoms with Crippen LogP contribution in [0.3, 0.4) is 0 Å². The lowest BCUT2D eigenvalue weighted by Gasteiger charge is -2.13. The Kier molecular flexibility index (Phi) is 5.31. The van der Waals surface area contributed by atoms with Gasteiger partial charge >= 0.3 is 0 Å². The summed E-state index contributed by atoms with van der Waals surface area (Å²) in [4.78, 5) is 4.64. The van der Waals surface area contributed by atoms with Crippen molar-refractivity contribution in [1.82, 2.24) is 4.98 Å². The van der Waals surface area contributed by atoms with E-state index in [9.17, 15) is 0 Å². The van der Waals surface area contributed by atoms with Gasteiger partial charge in [-0.05, 0) is 65.1 Å². The van der Waals surface area contributed by atoms with Crippen molar-refractivity contribution in [2.75, 3.05) is 0 Å². The fourth-order valence-corrected chi connectivity index (χ4v) is 3.39. The van der Waals surface area contributed by atoms with Crippen LogP contribution in [-0.4, -0.2) is 4.98 Å². The number of aromatic nitrogens is 1. The van der Waals surface area contributed by atoms with Crippen LogP contribution < -0.4 is 4.74 Å². The molecule has 142 valence electrons. The Morgan fingerprint density at radius 1 is 0.966 bits per heavy atom. The molecule has 0 aliphatic carbocycles. The van der Waals surface area contributed by atoms with Crippen LogP contribution in [0.2, 0.25) is 0 Å². The summed E-state index contributed by atoms with van der Waals surface area (Å²) in [5.41, 5.74) is 6.52. The van der Waals surface area contributed by atoms with Crippen molar-refractivity contribution in [2.45, 2.75) is 26.4 Å². The lowest BCUT2D eigenvalue weighted by Crippen LogP contribution is -1.96. The number of fused-ring (bicyclic) bond motifs is 1. The first-order valence-corrected chi connectivity index (χ1v) is 9.81. The Labute approximate surface area is 172 Å². The van der Waals surface area contributed by atoms with Gasteiger partial charge in [0.1, 0.15) is 12.4 Å². The highest BCUT2D eigenvalue weighted by molar-refractivity contribution is 5.94. The summed E-state index contributed by atoms with van der Waals surface area (Å²) in [5, 5.41) is 1.16. The molecule has 1 heterocycles. The molecule has 0 unspecified atom stereocenters. The van der Waals surface area contributed by atoms with Crippen LogP contribution in [0.4, 0.5) is 0 Å². The summed E-state index contributed by atoms with van der Waals surface area (Å²) < 4.78 is 6.05. The molecule has 0 atom stereocenters. The zero-order valence-corrected chi connectivity index (χ0v) is 16.7. The molecular formula is C27H23NO. The monoisotopic (exact) mass is 377 g/mol. The molecule has 4 aromatic rings. The highest BCUT2D eigenvalue weighted by atomic mass is 16.5. The molecule has 4 rings (SSSR count). The van der Waals surface area contributed by atoms with Crippen molar-refractivity contribution >= 4 is 10.9 Å². The maximum absolute atomic E-state index is 6.05. The second kappa shape index (κ2) is 8.20. The third kappa shape index (κ3) is 4.15. The van der Waals surface area contributed by atoms with Gasteiger partial charge in [-0.15, -0.1) is 6.42 Å². The normalized spacial score (nSPS) is 10.8. The smallest absolute Gasteiger partial charge is 0.120 e. The molecule has 0 N–H and O–H groups in total. The standard InChI is InChI=1S/C27H23NO/c1-4-20-10-12-21(13-11-20)18-29-25-9-5-7-22(16-25)26-17-24(19(2)3)15-23-8-6-14-28-27(23)26/h1,5-17,19H,18H2,2-3H3. The van der Waals surface area contributed by atoms with Crippen LogP contribution in [0.1, 0.15) is 36.5 Å². The Balaban J connectivity index is 1.65. The summed E-state index contributed by atoms with van der Waals surface area (Å²) >= 11 is 0. The van der Waals surface area contributed by atoms with Gasteiger partial charge in [0.15, 0.2) is 0 Å². The third-order valence-corrected chi connectivity index (χ3v) is 5.07. The van der Waals surface area contributed by atoms with Gasteiger partial charge in [0.25, 0.3) is 0 Å². The van der Waals surface area contributed by atoms with E-state index in [4.69, 9.17) is 11.2 Å². The Bertz CT molecular complexity index is 1180. The molecule has 29 heavy (non-hydrogen) atoms. The summed E-state index contributed by atoms with van der Waals surface area (Å²) in [6.45, 7) is 4.93. The van der Waals surface area contributed by atoms with Gasteiger partial charge in [-0.25, -0.2) is 0 Å². The second-order valence-corrected chi connectivity index (χ2v) is 7.46. The number of hydrogen-bond donors (Lipinski definition) is 0. The van der Waals surface area contributed by atoms with Crippen molar-refractivity contribution in [3.05, 3.63) is 95.7 Å². The van der Waals surface area contributed by atoms with E-state index in [0.29, 0.717) is 12.5 Å². The SMILES string of the molecule is C#Cc1ccc(COc2cccc(-c3cc(C(C)C)cc4cccnc34)c2)cc1. The van der Waals surface area contributed by atoms with Crippen molar-refractivity contribution in [2.24, 2.45) is 0 Å². The van der Waals surface area contributed by atoms with Crippen LogP contribution >= 0.6 is 0 Å².